The lowest BCUT2D eigenvalue weighted by Gasteiger charge is -2.12. The normalized spacial score (nSPS) is 14.8. The minimum Gasteiger partial charge on any atom is -0.497 e. The van der Waals surface area contributed by atoms with Crippen molar-refractivity contribution in [1.82, 2.24) is 14.7 Å². The fraction of sp³-hybridized carbons (Fsp3) is 0.167. The third-order valence-electron chi connectivity index (χ3n) is 5.16. The number of thioether (sulfide) groups is 1. The second-order valence-corrected chi connectivity index (χ2v) is 9.05. The van der Waals surface area contributed by atoms with Crippen molar-refractivity contribution in [2.75, 3.05) is 13.7 Å². The maximum absolute atomic E-state index is 12.9. The molecule has 0 unspecified atom stereocenters. The van der Waals surface area contributed by atoms with Crippen LogP contribution in [0.5, 0.6) is 5.75 Å². The summed E-state index contributed by atoms with van der Waals surface area (Å²) in [6.07, 6.45) is 3.48. The Hall–Kier alpha value is -3.43. The molecule has 2 aromatic carbocycles. The van der Waals surface area contributed by atoms with Gasteiger partial charge in [0.1, 0.15) is 15.8 Å². The van der Waals surface area contributed by atoms with E-state index in [0.717, 1.165) is 33.8 Å². The van der Waals surface area contributed by atoms with Crippen LogP contribution in [0.4, 0.5) is 0 Å². The smallest absolute Gasteiger partial charge is 0.305 e. The van der Waals surface area contributed by atoms with Crippen LogP contribution in [0.3, 0.4) is 0 Å². The van der Waals surface area contributed by atoms with Crippen LogP contribution < -0.4 is 4.74 Å². The van der Waals surface area contributed by atoms with Gasteiger partial charge in [0.15, 0.2) is 0 Å². The quantitative estimate of drug-likeness (QED) is 0.394. The number of benzene rings is 2. The van der Waals surface area contributed by atoms with Crippen molar-refractivity contribution in [2.24, 2.45) is 0 Å². The summed E-state index contributed by atoms with van der Waals surface area (Å²) in [7, 11) is 1.62. The first kappa shape index (κ1) is 22.8. The molecule has 0 radical (unpaired) electrons. The van der Waals surface area contributed by atoms with Crippen molar-refractivity contribution in [1.29, 1.82) is 0 Å². The van der Waals surface area contributed by atoms with Crippen LogP contribution in [0.1, 0.15) is 17.5 Å². The molecule has 1 aliphatic rings. The predicted molar refractivity (Wildman–Crippen MR) is 132 cm³/mol. The number of methoxy groups -OCH3 is 1. The molecule has 1 N–H and O–H groups in total. The van der Waals surface area contributed by atoms with Gasteiger partial charge in [-0.25, -0.2) is 4.68 Å². The molecule has 0 bridgehead atoms. The zero-order valence-electron chi connectivity index (χ0n) is 18.0. The highest BCUT2D eigenvalue weighted by atomic mass is 32.2. The summed E-state index contributed by atoms with van der Waals surface area (Å²) in [4.78, 5) is 25.6. The van der Waals surface area contributed by atoms with Crippen molar-refractivity contribution in [3.05, 3.63) is 70.8 Å². The molecule has 0 atom stereocenters. The molecular formula is C24H21N3O4S2. The van der Waals surface area contributed by atoms with Gasteiger partial charge in [0, 0.05) is 23.9 Å². The fourth-order valence-corrected chi connectivity index (χ4v) is 4.78. The van der Waals surface area contributed by atoms with E-state index in [1.807, 2.05) is 61.7 Å². The minimum absolute atomic E-state index is 0.0467. The van der Waals surface area contributed by atoms with Gasteiger partial charge >= 0.3 is 5.97 Å². The van der Waals surface area contributed by atoms with Crippen molar-refractivity contribution >= 4 is 46.3 Å². The van der Waals surface area contributed by atoms with Crippen molar-refractivity contribution < 1.29 is 19.4 Å². The Labute approximate surface area is 200 Å². The van der Waals surface area contributed by atoms with Gasteiger partial charge in [-0.3, -0.25) is 14.5 Å². The van der Waals surface area contributed by atoms with Gasteiger partial charge in [0.2, 0.25) is 0 Å². The first-order chi connectivity index (χ1) is 15.9. The first-order valence-corrected chi connectivity index (χ1v) is 11.4. The van der Waals surface area contributed by atoms with Crippen LogP contribution in [-0.4, -0.2) is 49.6 Å². The highest BCUT2D eigenvalue weighted by Crippen LogP contribution is 2.36. The zero-order valence-corrected chi connectivity index (χ0v) is 19.7. The molecule has 33 heavy (non-hydrogen) atoms. The molecule has 2 heterocycles. The number of carboxylic acid groups (broad SMARTS) is 1. The Bertz CT molecular complexity index is 1270. The third-order valence-corrected chi connectivity index (χ3v) is 6.54. The number of nitrogens with zero attached hydrogens (tertiary/aromatic N) is 3. The lowest BCUT2D eigenvalue weighted by molar-refractivity contribution is -0.137. The predicted octanol–water partition coefficient (Wildman–Crippen LogP) is 4.53. The summed E-state index contributed by atoms with van der Waals surface area (Å²) < 4.78 is 7.45. The maximum Gasteiger partial charge on any atom is 0.305 e. The molecule has 1 saturated heterocycles. The zero-order chi connectivity index (χ0) is 23.5. The number of para-hydroxylation sites is 1. The van der Waals surface area contributed by atoms with E-state index >= 15 is 0 Å². The van der Waals surface area contributed by atoms with Crippen LogP contribution in [0.25, 0.3) is 23.0 Å². The highest BCUT2D eigenvalue weighted by molar-refractivity contribution is 8.26. The number of aliphatic carboxylic acids is 1. The standard InChI is InChI=1S/C24H21N3O4S2/c1-15-12-18(31-2)8-9-19(15)22-16(14-27(25-22)17-6-4-3-5-7-17)13-20-23(30)26(24(32)33-20)11-10-21(28)29/h3-9,12-14H,10-11H2,1-2H3,(H,28,29)/b20-13-. The summed E-state index contributed by atoms with van der Waals surface area (Å²) in [5, 5.41) is 13.8. The van der Waals surface area contributed by atoms with Gasteiger partial charge in [-0.15, -0.1) is 0 Å². The van der Waals surface area contributed by atoms with Gasteiger partial charge in [-0.2, -0.15) is 5.10 Å². The van der Waals surface area contributed by atoms with Crippen LogP contribution in [0.2, 0.25) is 0 Å². The van der Waals surface area contributed by atoms with Crippen LogP contribution in [-0.2, 0) is 9.59 Å². The molecule has 1 aliphatic heterocycles. The Morgan fingerprint density at radius 3 is 2.67 bits per heavy atom. The number of aryl methyl sites for hydroxylation is 1. The molecule has 0 aliphatic carbocycles. The molecule has 7 nitrogen and oxygen atoms in total. The summed E-state index contributed by atoms with van der Waals surface area (Å²) in [5.74, 6) is -0.523. The van der Waals surface area contributed by atoms with E-state index in [4.69, 9.17) is 27.2 Å². The van der Waals surface area contributed by atoms with E-state index in [-0.39, 0.29) is 18.9 Å². The molecule has 168 valence electrons. The molecule has 1 aromatic heterocycles. The summed E-state index contributed by atoms with van der Waals surface area (Å²) in [5.41, 5.74) is 4.26. The number of carboxylic acids is 1. The number of hydrogen-bond acceptors (Lipinski definition) is 6. The second kappa shape index (κ2) is 9.60. The van der Waals surface area contributed by atoms with Crippen molar-refractivity contribution in [3.8, 4) is 22.7 Å². The Morgan fingerprint density at radius 1 is 1.24 bits per heavy atom. The molecular weight excluding hydrogens is 458 g/mol. The molecule has 1 amide bonds. The molecule has 0 saturated carbocycles. The minimum atomic E-state index is -0.977. The molecule has 0 spiro atoms. The van der Waals surface area contributed by atoms with E-state index in [0.29, 0.717) is 9.23 Å². The maximum atomic E-state index is 12.9. The average molecular weight is 480 g/mol. The van der Waals surface area contributed by atoms with Crippen LogP contribution >= 0.6 is 24.0 Å². The number of ether oxygens (including phenoxy) is 1. The lowest BCUT2D eigenvalue weighted by atomic mass is 10.0. The van der Waals surface area contributed by atoms with E-state index in [1.165, 1.54) is 16.7 Å². The van der Waals surface area contributed by atoms with E-state index in [9.17, 15) is 9.59 Å². The topological polar surface area (TPSA) is 84.7 Å². The number of amides is 1. The number of carbonyl (C=O) groups is 2. The Kier molecular flexibility index (Phi) is 6.62. The SMILES string of the molecule is COc1ccc(-c2nn(-c3ccccc3)cc2/C=C2\SC(=S)N(CCC(=O)O)C2=O)c(C)c1. The third kappa shape index (κ3) is 4.84. The molecule has 3 aromatic rings. The van der Waals surface area contributed by atoms with Crippen molar-refractivity contribution in [2.45, 2.75) is 13.3 Å². The van der Waals surface area contributed by atoms with E-state index < -0.39 is 5.97 Å². The number of carbonyl (C=O) groups excluding carboxylic acids is 1. The van der Waals surface area contributed by atoms with Gasteiger partial charge < -0.3 is 9.84 Å². The molecule has 1 fully saturated rings. The first-order valence-electron chi connectivity index (χ1n) is 10.1. The molecule has 4 rings (SSSR count). The average Bonchev–Trinajstić information content (AvgIpc) is 3.33. The van der Waals surface area contributed by atoms with E-state index in [2.05, 4.69) is 0 Å². The highest BCUT2D eigenvalue weighted by Gasteiger charge is 2.32. The summed E-state index contributed by atoms with van der Waals surface area (Å²) >= 11 is 6.49. The summed E-state index contributed by atoms with van der Waals surface area (Å²) in [6.45, 7) is 2.03. The Balaban J connectivity index is 1.77. The van der Waals surface area contributed by atoms with E-state index in [1.54, 1.807) is 17.9 Å². The summed E-state index contributed by atoms with van der Waals surface area (Å²) in [6, 6.07) is 15.5. The largest absolute Gasteiger partial charge is 0.497 e. The van der Waals surface area contributed by atoms with Gasteiger partial charge in [0.05, 0.1) is 24.1 Å². The lowest BCUT2D eigenvalue weighted by Crippen LogP contribution is -2.30. The van der Waals surface area contributed by atoms with Crippen LogP contribution in [0.15, 0.2) is 59.6 Å². The Morgan fingerprint density at radius 2 is 2.00 bits per heavy atom. The molecule has 9 heteroatoms. The van der Waals surface area contributed by atoms with Gasteiger partial charge in [-0.05, 0) is 48.9 Å². The number of hydrogen-bond donors (Lipinski definition) is 1. The number of aromatic nitrogens is 2. The number of thiocarbonyl (C=S) groups is 1. The van der Waals surface area contributed by atoms with Crippen LogP contribution in [0, 0.1) is 6.92 Å². The fourth-order valence-electron chi connectivity index (χ4n) is 3.49. The van der Waals surface area contributed by atoms with Crippen molar-refractivity contribution in [3.63, 3.8) is 0 Å². The number of rotatable bonds is 7. The van der Waals surface area contributed by atoms with Gasteiger partial charge in [0.25, 0.3) is 5.91 Å². The monoisotopic (exact) mass is 479 g/mol. The second-order valence-electron chi connectivity index (χ2n) is 7.37. The van der Waals surface area contributed by atoms with Gasteiger partial charge in [-0.1, -0.05) is 42.2 Å².